The smallest absolute Gasteiger partial charge is 0.348 e. The van der Waals surface area contributed by atoms with E-state index in [4.69, 9.17) is 14.5 Å². The number of ether oxygens (including phenoxy) is 2. The van der Waals surface area contributed by atoms with E-state index in [-0.39, 0.29) is 15.4 Å². The highest BCUT2D eigenvalue weighted by Crippen LogP contribution is 2.35. The molecule has 34 heavy (non-hydrogen) atoms. The standard InChI is InChI=1S/C26H22N2O5S/c1-14-9-5-6-10-16(14)20-13-18(17-11-7-8-12-19(17)27-20)23(29)28-24-21(25(30)32-3)15(2)22(34-24)26(31)33-4/h5-13H,1-4H3,(H,28,29). The minimum Gasteiger partial charge on any atom is -0.465 e. The van der Waals surface area contributed by atoms with Crippen molar-refractivity contribution in [3.8, 4) is 11.3 Å². The zero-order valence-corrected chi connectivity index (χ0v) is 19.9. The monoisotopic (exact) mass is 474 g/mol. The molecule has 0 fully saturated rings. The molecule has 0 spiro atoms. The molecule has 8 heteroatoms. The number of aryl methyl sites for hydroxylation is 1. The van der Waals surface area contributed by atoms with E-state index in [9.17, 15) is 14.4 Å². The fraction of sp³-hybridized carbons (Fsp3) is 0.154. The number of pyridine rings is 1. The van der Waals surface area contributed by atoms with Gasteiger partial charge < -0.3 is 14.8 Å². The second-order valence-electron chi connectivity index (χ2n) is 7.58. The molecular formula is C26H22N2O5S. The molecule has 2 aromatic heterocycles. The third kappa shape index (κ3) is 4.15. The molecule has 0 aliphatic rings. The van der Waals surface area contributed by atoms with Gasteiger partial charge in [-0.3, -0.25) is 4.79 Å². The van der Waals surface area contributed by atoms with Gasteiger partial charge in [-0.2, -0.15) is 0 Å². The summed E-state index contributed by atoms with van der Waals surface area (Å²) >= 11 is 0.971. The van der Waals surface area contributed by atoms with E-state index in [1.54, 1.807) is 13.0 Å². The first-order chi connectivity index (χ1) is 16.3. The van der Waals surface area contributed by atoms with Gasteiger partial charge in [-0.05, 0) is 37.1 Å². The fourth-order valence-corrected chi connectivity index (χ4v) is 4.88. The predicted molar refractivity (Wildman–Crippen MR) is 132 cm³/mol. The summed E-state index contributed by atoms with van der Waals surface area (Å²) in [6.45, 7) is 3.60. The number of para-hydroxylation sites is 1. The lowest BCUT2D eigenvalue weighted by Crippen LogP contribution is -2.15. The van der Waals surface area contributed by atoms with Gasteiger partial charge in [-0.25, -0.2) is 14.6 Å². The number of hydrogen-bond donors (Lipinski definition) is 1. The number of anilines is 1. The molecule has 2 aromatic carbocycles. The third-order valence-electron chi connectivity index (χ3n) is 5.52. The molecule has 172 valence electrons. The minimum atomic E-state index is -0.653. The molecule has 1 amide bonds. The van der Waals surface area contributed by atoms with Crippen LogP contribution in [0.2, 0.25) is 0 Å². The van der Waals surface area contributed by atoms with E-state index in [1.807, 2.05) is 55.5 Å². The van der Waals surface area contributed by atoms with Crippen LogP contribution in [0.1, 0.15) is 41.5 Å². The van der Waals surface area contributed by atoms with Crippen molar-refractivity contribution < 1.29 is 23.9 Å². The maximum absolute atomic E-state index is 13.5. The lowest BCUT2D eigenvalue weighted by atomic mass is 10.0. The average molecular weight is 475 g/mol. The van der Waals surface area contributed by atoms with Gasteiger partial charge in [-0.1, -0.05) is 42.5 Å². The number of amides is 1. The lowest BCUT2D eigenvalue weighted by molar-refractivity contribution is 0.0601. The maximum atomic E-state index is 13.5. The van der Waals surface area contributed by atoms with E-state index in [2.05, 4.69) is 5.32 Å². The van der Waals surface area contributed by atoms with Gasteiger partial charge in [-0.15, -0.1) is 11.3 Å². The van der Waals surface area contributed by atoms with Crippen LogP contribution in [-0.2, 0) is 9.47 Å². The van der Waals surface area contributed by atoms with E-state index in [0.717, 1.165) is 22.5 Å². The molecule has 4 rings (SSSR count). The van der Waals surface area contributed by atoms with Crippen LogP contribution in [-0.4, -0.2) is 37.0 Å². The Kier molecular flexibility index (Phi) is 6.43. The molecule has 0 aliphatic heterocycles. The Morgan fingerprint density at radius 2 is 1.59 bits per heavy atom. The number of methoxy groups -OCH3 is 2. The summed E-state index contributed by atoms with van der Waals surface area (Å²) in [7, 11) is 2.50. The first-order valence-corrected chi connectivity index (χ1v) is 11.2. The molecule has 0 unspecified atom stereocenters. The zero-order valence-electron chi connectivity index (χ0n) is 19.1. The van der Waals surface area contributed by atoms with E-state index in [1.165, 1.54) is 14.2 Å². The van der Waals surface area contributed by atoms with E-state index >= 15 is 0 Å². The van der Waals surface area contributed by atoms with Crippen LogP contribution in [0.3, 0.4) is 0 Å². The Hall–Kier alpha value is -4.04. The lowest BCUT2D eigenvalue weighted by Gasteiger charge is -2.12. The van der Waals surface area contributed by atoms with Crippen LogP contribution >= 0.6 is 11.3 Å². The van der Waals surface area contributed by atoms with Crippen molar-refractivity contribution in [2.24, 2.45) is 0 Å². The Morgan fingerprint density at radius 3 is 2.29 bits per heavy atom. The molecule has 0 aliphatic carbocycles. The number of nitrogens with zero attached hydrogens (tertiary/aromatic N) is 1. The number of thiophene rings is 1. The minimum absolute atomic E-state index is 0.124. The molecule has 4 aromatic rings. The first-order valence-electron chi connectivity index (χ1n) is 10.4. The topological polar surface area (TPSA) is 94.6 Å². The zero-order chi connectivity index (χ0) is 24.4. The van der Waals surface area contributed by atoms with Crippen molar-refractivity contribution >= 4 is 45.1 Å². The molecule has 2 heterocycles. The van der Waals surface area contributed by atoms with Crippen LogP contribution in [0.4, 0.5) is 5.00 Å². The molecule has 7 nitrogen and oxygen atoms in total. The van der Waals surface area contributed by atoms with Gasteiger partial charge in [0.05, 0.1) is 36.6 Å². The van der Waals surface area contributed by atoms with E-state index < -0.39 is 17.8 Å². The van der Waals surface area contributed by atoms with Crippen LogP contribution < -0.4 is 5.32 Å². The number of aromatic nitrogens is 1. The quantitative estimate of drug-likeness (QED) is 0.389. The fourth-order valence-electron chi connectivity index (χ4n) is 3.77. The van der Waals surface area contributed by atoms with Crippen molar-refractivity contribution in [3.63, 3.8) is 0 Å². The predicted octanol–water partition coefficient (Wildman–Crippen LogP) is 5.41. The Morgan fingerprint density at radius 1 is 0.912 bits per heavy atom. The number of rotatable bonds is 5. The van der Waals surface area contributed by atoms with Crippen LogP contribution in [0.25, 0.3) is 22.2 Å². The SMILES string of the molecule is COC(=O)c1sc(NC(=O)c2cc(-c3ccccc3C)nc3ccccc23)c(C(=O)OC)c1C. The van der Waals surface area contributed by atoms with Crippen molar-refractivity contribution in [1.82, 2.24) is 4.98 Å². The average Bonchev–Trinajstić information content (AvgIpc) is 3.18. The van der Waals surface area contributed by atoms with Gasteiger partial charge in [0, 0.05) is 10.9 Å². The summed E-state index contributed by atoms with van der Waals surface area (Å²) in [4.78, 5) is 43.1. The summed E-state index contributed by atoms with van der Waals surface area (Å²) in [6, 6.07) is 16.9. The summed E-state index contributed by atoms with van der Waals surface area (Å²) in [5.74, 6) is -1.68. The molecule has 0 atom stereocenters. The highest BCUT2D eigenvalue weighted by Gasteiger charge is 2.27. The maximum Gasteiger partial charge on any atom is 0.348 e. The van der Waals surface area contributed by atoms with Crippen molar-refractivity contribution in [3.05, 3.63) is 81.7 Å². The number of nitrogens with one attached hydrogen (secondary N) is 1. The molecule has 0 radical (unpaired) electrons. The van der Waals surface area contributed by atoms with Crippen LogP contribution in [0, 0.1) is 13.8 Å². The van der Waals surface area contributed by atoms with Gasteiger partial charge >= 0.3 is 11.9 Å². The van der Waals surface area contributed by atoms with Crippen molar-refractivity contribution in [2.45, 2.75) is 13.8 Å². The van der Waals surface area contributed by atoms with Gasteiger partial charge in [0.15, 0.2) is 0 Å². The molecule has 0 saturated carbocycles. The normalized spacial score (nSPS) is 10.7. The summed E-state index contributed by atoms with van der Waals surface area (Å²) in [5, 5.41) is 3.69. The second-order valence-corrected chi connectivity index (χ2v) is 8.61. The summed E-state index contributed by atoms with van der Waals surface area (Å²) in [5.41, 5.74) is 4.17. The second kappa shape index (κ2) is 9.44. The van der Waals surface area contributed by atoms with Crippen LogP contribution in [0.5, 0.6) is 0 Å². The number of esters is 2. The Bertz CT molecular complexity index is 1440. The molecule has 1 N–H and O–H groups in total. The third-order valence-corrected chi connectivity index (χ3v) is 6.70. The van der Waals surface area contributed by atoms with E-state index in [0.29, 0.717) is 27.7 Å². The highest BCUT2D eigenvalue weighted by molar-refractivity contribution is 7.18. The molecular weight excluding hydrogens is 452 g/mol. The Labute approximate surface area is 200 Å². The van der Waals surface area contributed by atoms with Gasteiger partial charge in [0.1, 0.15) is 9.88 Å². The number of carbonyl (C=O) groups excluding carboxylic acids is 3. The number of carbonyl (C=O) groups is 3. The van der Waals surface area contributed by atoms with Crippen molar-refractivity contribution in [1.29, 1.82) is 0 Å². The Balaban J connectivity index is 1.84. The van der Waals surface area contributed by atoms with Gasteiger partial charge in [0.25, 0.3) is 5.91 Å². The number of benzene rings is 2. The summed E-state index contributed by atoms with van der Waals surface area (Å²) in [6.07, 6.45) is 0. The van der Waals surface area contributed by atoms with Crippen LogP contribution in [0.15, 0.2) is 54.6 Å². The molecule has 0 saturated heterocycles. The highest BCUT2D eigenvalue weighted by atomic mass is 32.1. The largest absolute Gasteiger partial charge is 0.465 e. The number of hydrogen-bond acceptors (Lipinski definition) is 7. The first kappa shape index (κ1) is 23.1. The summed E-state index contributed by atoms with van der Waals surface area (Å²) < 4.78 is 9.71. The van der Waals surface area contributed by atoms with Crippen molar-refractivity contribution in [2.75, 3.05) is 19.5 Å². The van der Waals surface area contributed by atoms with Gasteiger partial charge in [0.2, 0.25) is 0 Å². The molecule has 0 bridgehead atoms. The number of fused-ring (bicyclic) bond motifs is 1.